The standard InChI is InChI=1S/C23H18N8O/c1-15-10-16(4-6-25-15)22-18-5-9-31(23(18)29-14-28-22)13-21(32)30-17-2-3-19(27-11-17)20-12-24-7-8-26-20/h2-12,14H,13H2,1H3,(H,30,32). The second-order valence-corrected chi connectivity index (χ2v) is 7.16. The fraction of sp³-hybridized carbons (Fsp3) is 0.0870. The number of aromatic nitrogens is 7. The topological polar surface area (TPSA) is 111 Å². The molecular weight excluding hydrogens is 404 g/mol. The fourth-order valence-electron chi connectivity index (χ4n) is 3.46. The van der Waals surface area contributed by atoms with Crippen molar-refractivity contribution in [2.75, 3.05) is 5.32 Å². The van der Waals surface area contributed by atoms with Crippen LogP contribution in [0.3, 0.4) is 0 Å². The minimum absolute atomic E-state index is 0.112. The summed E-state index contributed by atoms with van der Waals surface area (Å²) in [5.41, 5.74) is 5.32. The number of amides is 1. The third kappa shape index (κ3) is 3.91. The monoisotopic (exact) mass is 422 g/mol. The Morgan fingerprint density at radius 3 is 2.66 bits per heavy atom. The van der Waals surface area contributed by atoms with Gasteiger partial charge in [-0.05, 0) is 37.3 Å². The van der Waals surface area contributed by atoms with Gasteiger partial charge in [0.25, 0.3) is 0 Å². The van der Waals surface area contributed by atoms with Crippen molar-refractivity contribution in [1.82, 2.24) is 34.5 Å². The highest BCUT2D eigenvalue weighted by Gasteiger charge is 2.13. The van der Waals surface area contributed by atoms with E-state index in [2.05, 4.69) is 35.2 Å². The molecule has 0 unspecified atom stereocenters. The smallest absolute Gasteiger partial charge is 0.244 e. The molecule has 0 aliphatic heterocycles. The molecule has 1 N–H and O–H groups in total. The van der Waals surface area contributed by atoms with Gasteiger partial charge >= 0.3 is 0 Å². The number of nitrogens with zero attached hydrogens (tertiary/aromatic N) is 7. The van der Waals surface area contributed by atoms with Gasteiger partial charge in [0.15, 0.2) is 0 Å². The minimum atomic E-state index is -0.184. The van der Waals surface area contributed by atoms with Crippen molar-refractivity contribution in [3.8, 4) is 22.6 Å². The van der Waals surface area contributed by atoms with Crippen molar-refractivity contribution < 1.29 is 4.79 Å². The third-order valence-corrected chi connectivity index (χ3v) is 4.91. The van der Waals surface area contributed by atoms with Crippen LogP contribution in [0.15, 0.2) is 73.8 Å². The lowest BCUT2D eigenvalue weighted by atomic mass is 10.1. The summed E-state index contributed by atoms with van der Waals surface area (Å²) in [6, 6.07) is 9.39. The molecule has 0 spiro atoms. The summed E-state index contributed by atoms with van der Waals surface area (Å²) in [4.78, 5) is 38.3. The molecule has 0 bridgehead atoms. The third-order valence-electron chi connectivity index (χ3n) is 4.91. The number of carbonyl (C=O) groups is 1. The van der Waals surface area contributed by atoms with Gasteiger partial charge in [0, 0.05) is 41.4 Å². The molecule has 5 aromatic rings. The number of aryl methyl sites for hydroxylation is 1. The highest BCUT2D eigenvalue weighted by molar-refractivity contribution is 5.94. The highest BCUT2D eigenvalue weighted by Crippen LogP contribution is 2.26. The molecule has 0 saturated heterocycles. The van der Waals surface area contributed by atoms with Crippen LogP contribution in [0.5, 0.6) is 0 Å². The van der Waals surface area contributed by atoms with Gasteiger partial charge < -0.3 is 9.88 Å². The first-order chi connectivity index (χ1) is 15.7. The second-order valence-electron chi connectivity index (χ2n) is 7.16. The van der Waals surface area contributed by atoms with E-state index < -0.39 is 0 Å². The molecule has 0 radical (unpaired) electrons. The van der Waals surface area contributed by atoms with Crippen LogP contribution < -0.4 is 5.32 Å². The number of rotatable bonds is 5. The molecule has 9 nitrogen and oxygen atoms in total. The Hall–Kier alpha value is -4.53. The first-order valence-electron chi connectivity index (χ1n) is 9.92. The summed E-state index contributed by atoms with van der Waals surface area (Å²) in [6.45, 7) is 2.05. The summed E-state index contributed by atoms with van der Waals surface area (Å²) < 4.78 is 1.80. The van der Waals surface area contributed by atoms with Crippen LogP contribution in [0.4, 0.5) is 5.69 Å². The number of pyridine rings is 2. The summed E-state index contributed by atoms with van der Waals surface area (Å²) in [5.74, 6) is -0.184. The first-order valence-corrected chi connectivity index (χ1v) is 9.92. The molecule has 0 aliphatic carbocycles. The maximum Gasteiger partial charge on any atom is 0.244 e. The Labute approximate surface area is 183 Å². The van der Waals surface area contributed by atoms with Gasteiger partial charge in [-0.1, -0.05) is 0 Å². The Morgan fingerprint density at radius 2 is 1.88 bits per heavy atom. The van der Waals surface area contributed by atoms with Gasteiger partial charge in [-0.2, -0.15) is 0 Å². The number of hydrogen-bond donors (Lipinski definition) is 1. The van der Waals surface area contributed by atoms with Crippen molar-refractivity contribution in [3.63, 3.8) is 0 Å². The number of carbonyl (C=O) groups excluding carboxylic acids is 1. The quantitative estimate of drug-likeness (QED) is 0.462. The van der Waals surface area contributed by atoms with E-state index in [0.717, 1.165) is 22.3 Å². The van der Waals surface area contributed by atoms with Crippen LogP contribution in [-0.4, -0.2) is 40.4 Å². The van der Waals surface area contributed by atoms with Crippen LogP contribution in [0, 0.1) is 6.92 Å². The molecule has 0 aromatic carbocycles. The van der Waals surface area contributed by atoms with E-state index in [4.69, 9.17) is 0 Å². The molecule has 32 heavy (non-hydrogen) atoms. The van der Waals surface area contributed by atoms with Gasteiger partial charge in [0.05, 0.1) is 29.5 Å². The molecule has 0 aliphatic rings. The molecule has 156 valence electrons. The molecule has 9 heteroatoms. The second kappa shape index (κ2) is 8.31. The van der Waals surface area contributed by atoms with Gasteiger partial charge in [0.2, 0.25) is 5.91 Å². The predicted molar refractivity (Wildman–Crippen MR) is 119 cm³/mol. The van der Waals surface area contributed by atoms with E-state index in [1.165, 1.54) is 6.33 Å². The maximum atomic E-state index is 12.6. The first kappa shape index (κ1) is 19.4. The van der Waals surface area contributed by atoms with Crippen LogP contribution in [0.25, 0.3) is 33.7 Å². The number of nitrogens with one attached hydrogen (secondary N) is 1. The normalized spacial score (nSPS) is 10.9. The lowest BCUT2D eigenvalue weighted by Gasteiger charge is -2.08. The van der Waals surface area contributed by atoms with Crippen LogP contribution in [0.2, 0.25) is 0 Å². The van der Waals surface area contributed by atoms with E-state index >= 15 is 0 Å². The molecule has 5 aromatic heterocycles. The van der Waals surface area contributed by atoms with Gasteiger partial charge in [-0.25, -0.2) is 9.97 Å². The molecule has 0 fully saturated rings. The Balaban J connectivity index is 1.34. The zero-order valence-corrected chi connectivity index (χ0v) is 17.2. The summed E-state index contributed by atoms with van der Waals surface area (Å²) in [7, 11) is 0. The van der Waals surface area contributed by atoms with Crippen molar-refractivity contribution in [2.24, 2.45) is 0 Å². The number of anilines is 1. The van der Waals surface area contributed by atoms with E-state index in [9.17, 15) is 4.79 Å². The van der Waals surface area contributed by atoms with Crippen molar-refractivity contribution >= 4 is 22.6 Å². The average Bonchev–Trinajstić information content (AvgIpc) is 3.23. The van der Waals surface area contributed by atoms with Crippen molar-refractivity contribution in [2.45, 2.75) is 13.5 Å². The number of fused-ring (bicyclic) bond motifs is 1. The van der Waals surface area contributed by atoms with E-state index in [1.807, 2.05) is 31.3 Å². The molecule has 0 atom stereocenters. The maximum absolute atomic E-state index is 12.6. The Bertz CT molecular complexity index is 1400. The SMILES string of the molecule is Cc1cc(-c2ncnc3c2ccn3CC(=O)Nc2ccc(-c3cnccn3)nc2)ccn1. The van der Waals surface area contributed by atoms with Crippen LogP contribution in [0.1, 0.15) is 5.69 Å². The Kier molecular flexibility index (Phi) is 5.04. The van der Waals surface area contributed by atoms with E-state index in [-0.39, 0.29) is 12.5 Å². The van der Waals surface area contributed by atoms with Crippen LogP contribution >= 0.6 is 0 Å². The van der Waals surface area contributed by atoms with Gasteiger partial charge in [0.1, 0.15) is 24.2 Å². The van der Waals surface area contributed by atoms with E-state index in [1.54, 1.807) is 47.7 Å². The van der Waals surface area contributed by atoms with Crippen molar-refractivity contribution in [3.05, 3.63) is 79.5 Å². The van der Waals surface area contributed by atoms with Gasteiger partial charge in [-0.15, -0.1) is 0 Å². The molecule has 0 saturated carbocycles. The van der Waals surface area contributed by atoms with Gasteiger partial charge in [-0.3, -0.25) is 24.7 Å². The fourth-order valence-corrected chi connectivity index (χ4v) is 3.46. The predicted octanol–water partition coefficient (Wildman–Crippen LogP) is 3.29. The zero-order valence-electron chi connectivity index (χ0n) is 17.2. The zero-order chi connectivity index (χ0) is 21.9. The van der Waals surface area contributed by atoms with Crippen molar-refractivity contribution in [1.29, 1.82) is 0 Å². The molecular formula is C23H18N8O. The van der Waals surface area contributed by atoms with Crippen LogP contribution in [-0.2, 0) is 11.3 Å². The summed E-state index contributed by atoms with van der Waals surface area (Å²) in [5, 5.41) is 3.74. The summed E-state index contributed by atoms with van der Waals surface area (Å²) >= 11 is 0. The Morgan fingerprint density at radius 1 is 0.938 bits per heavy atom. The molecule has 5 heterocycles. The lowest BCUT2D eigenvalue weighted by molar-refractivity contribution is -0.116. The summed E-state index contributed by atoms with van der Waals surface area (Å²) in [6.07, 6.45) is 11.6. The molecule has 1 amide bonds. The average molecular weight is 422 g/mol. The number of hydrogen-bond acceptors (Lipinski definition) is 7. The minimum Gasteiger partial charge on any atom is -0.323 e. The van der Waals surface area contributed by atoms with E-state index in [0.29, 0.717) is 22.7 Å². The highest BCUT2D eigenvalue weighted by atomic mass is 16.1. The molecule has 5 rings (SSSR count). The largest absolute Gasteiger partial charge is 0.323 e. The lowest BCUT2D eigenvalue weighted by Crippen LogP contribution is -2.18.